The van der Waals surface area contributed by atoms with Crippen molar-refractivity contribution in [2.75, 3.05) is 16.4 Å². The fourth-order valence-electron chi connectivity index (χ4n) is 2.35. The van der Waals surface area contributed by atoms with Crippen LogP contribution < -0.4 is 16.4 Å². The summed E-state index contributed by atoms with van der Waals surface area (Å²) in [5.74, 6) is 1.67. The molecule has 0 aliphatic rings. The predicted octanol–water partition coefficient (Wildman–Crippen LogP) is 5.27. The van der Waals surface area contributed by atoms with Gasteiger partial charge in [0.15, 0.2) is 11.6 Å². The van der Waals surface area contributed by atoms with Gasteiger partial charge in [0.1, 0.15) is 12.0 Å². The minimum Gasteiger partial charge on any atom is -0.393 e. The Morgan fingerprint density at radius 2 is 1.32 bits per heavy atom. The molecule has 0 fully saturated rings. The molecule has 1 heterocycles. The second-order valence-corrected chi connectivity index (χ2v) is 7.26. The van der Waals surface area contributed by atoms with Crippen LogP contribution in [0.15, 0.2) is 54.9 Å². The number of anilines is 5. The smallest absolute Gasteiger partial charge is 0.159 e. The van der Waals surface area contributed by atoms with E-state index >= 15 is 0 Å². The summed E-state index contributed by atoms with van der Waals surface area (Å²) in [6, 6.07) is 16.3. The van der Waals surface area contributed by atoms with E-state index in [0.717, 1.165) is 11.4 Å². The predicted molar refractivity (Wildman–Crippen MR) is 113 cm³/mol. The van der Waals surface area contributed by atoms with Gasteiger partial charge in [-0.05, 0) is 70.5 Å². The molecule has 5 nitrogen and oxygen atoms in total. The zero-order chi connectivity index (χ0) is 17.8. The molecule has 0 saturated heterocycles. The Morgan fingerprint density at radius 3 is 1.80 bits per heavy atom. The summed E-state index contributed by atoms with van der Waals surface area (Å²) in [5, 5.41) is 6.49. The van der Waals surface area contributed by atoms with E-state index in [0.29, 0.717) is 23.2 Å². The Balaban J connectivity index is 1.79. The lowest BCUT2D eigenvalue weighted by molar-refractivity contribution is 0.867. The number of nitrogen functional groups attached to an aromatic ring is 1. The molecule has 0 bridgehead atoms. The molecule has 1 aromatic heterocycles. The second-order valence-electron chi connectivity index (χ2n) is 6.02. The maximum Gasteiger partial charge on any atom is 0.159 e. The van der Waals surface area contributed by atoms with E-state index in [-0.39, 0.29) is 0 Å². The van der Waals surface area contributed by atoms with Gasteiger partial charge in [0.25, 0.3) is 0 Å². The number of benzene rings is 2. The van der Waals surface area contributed by atoms with Gasteiger partial charge in [0, 0.05) is 14.9 Å². The molecule has 0 saturated carbocycles. The third-order valence-electron chi connectivity index (χ3n) is 3.83. The third-order valence-corrected chi connectivity index (χ3v) is 4.55. The highest BCUT2D eigenvalue weighted by molar-refractivity contribution is 14.1. The fraction of sp³-hybridized carbons (Fsp3) is 0.158. The number of halogens is 1. The summed E-state index contributed by atoms with van der Waals surface area (Å²) in [6.45, 7) is 4.35. The molecular weight excluding hydrogens is 425 g/mol. The van der Waals surface area contributed by atoms with Crippen molar-refractivity contribution in [2.45, 2.75) is 19.8 Å². The van der Waals surface area contributed by atoms with Crippen molar-refractivity contribution in [1.82, 2.24) is 9.97 Å². The first-order valence-corrected chi connectivity index (χ1v) is 9.11. The van der Waals surface area contributed by atoms with Crippen LogP contribution in [0.4, 0.5) is 28.7 Å². The molecule has 0 spiro atoms. The topological polar surface area (TPSA) is 75.9 Å². The first-order valence-electron chi connectivity index (χ1n) is 8.03. The van der Waals surface area contributed by atoms with Crippen molar-refractivity contribution in [3.63, 3.8) is 0 Å². The second kappa shape index (κ2) is 7.69. The summed E-state index contributed by atoms with van der Waals surface area (Å²) in [5.41, 5.74) is 9.88. The third kappa shape index (κ3) is 4.39. The van der Waals surface area contributed by atoms with Crippen LogP contribution in [0.25, 0.3) is 0 Å². The first kappa shape index (κ1) is 17.5. The Kier molecular flexibility index (Phi) is 5.37. The molecule has 128 valence electrons. The maximum absolute atomic E-state index is 6.24. The zero-order valence-corrected chi connectivity index (χ0v) is 16.3. The molecule has 0 aliphatic heterocycles. The SMILES string of the molecule is CC(C)c1ccc(Nc2ncnc(Nc3ccc(I)cc3)c2N)cc1. The Morgan fingerprint density at radius 1 is 0.840 bits per heavy atom. The molecular formula is C19H20IN5. The fourth-order valence-corrected chi connectivity index (χ4v) is 2.71. The largest absolute Gasteiger partial charge is 0.393 e. The Labute approximate surface area is 161 Å². The first-order chi connectivity index (χ1) is 12.0. The summed E-state index contributed by atoms with van der Waals surface area (Å²) in [7, 11) is 0. The number of nitrogens with two attached hydrogens (primary N) is 1. The maximum atomic E-state index is 6.24. The van der Waals surface area contributed by atoms with Crippen molar-refractivity contribution < 1.29 is 0 Å². The van der Waals surface area contributed by atoms with E-state index in [1.165, 1.54) is 15.5 Å². The Bertz CT molecular complexity index is 845. The number of rotatable bonds is 5. The number of hydrogen-bond donors (Lipinski definition) is 3. The normalized spacial score (nSPS) is 10.7. The lowest BCUT2D eigenvalue weighted by Gasteiger charge is -2.13. The van der Waals surface area contributed by atoms with Crippen molar-refractivity contribution in [3.05, 3.63) is 64.0 Å². The van der Waals surface area contributed by atoms with E-state index < -0.39 is 0 Å². The van der Waals surface area contributed by atoms with Crippen LogP contribution in [-0.2, 0) is 0 Å². The van der Waals surface area contributed by atoms with Gasteiger partial charge in [-0.15, -0.1) is 0 Å². The number of hydrogen-bond acceptors (Lipinski definition) is 5. The zero-order valence-electron chi connectivity index (χ0n) is 14.1. The lowest BCUT2D eigenvalue weighted by atomic mass is 10.0. The van der Waals surface area contributed by atoms with E-state index in [1.54, 1.807) is 0 Å². The van der Waals surface area contributed by atoms with Crippen LogP contribution in [0.1, 0.15) is 25.3 Å². The van der Waals surface area contributed by atoms with Crippen molar-refractivity contribution >= 4 is 51.3 Å². The van der Waals surface area contributed by atoms with Gasteiger partial charge < -0.3 is 16.4 Å². The summed E-state index contributed by atoms with van der Waals surface area (Å²) >= 11 is 2.27. The highest BCUT2D eigenvalue weighted by atomic mass is 127. The standard InChI is InChI=1S/C19H20IN5/c1-12(2)13-3-7-15(8-4-13)24-18-17(21)19(23-11-22-18)25-16-9-5-14(20)6-10-16/h3-12H,21H2,1-2H3,(H2,22,23,24,25). The molecule has 0 unspecified atom stereocenters. The average molecular weight is 445 g/mol. The van der Waals surface area contributed by atoms with Crippen LogP contribution >= 0.6 is 22.6 Å². The summed E-state index contributed by atoms with van der Waals surface area (Å²) in [4.78, 5) is 8.51. The van der Waals surface area contributed by atoms with Crippen molar-refractivity contribution in [2.24, 2.45) is 0 Å². The summed E-state index contributed by atoms with van der Waals surface area (Å²) in [6.07, 6.45) is 1.50. The van der Waals surface area contributed by atoms with Crippen LogP contribution in [0, 0.1) is 3.57 Å². The van der Waals surface area contributed by atoms with E-state index in [4.69, 9.17) is 5.73 Å². The highest BCUT2D eigenvalue weighted by Crippen LogP contribution is 2.28. The van der Waals surface area contributed by atoms with Gasteiger partial charge in [-0.3, -0.25) is 0 Å². The molecule has 6 heteroatoms. The lowest BCUT2D eigenvalue weighted by Crippen LogP contribution is -2.05. The molecule has 2 aromatic carbocycles. The Hall–Kier alpha value is -2.35. The minimum atomic E-state index is 0.481. The van der Waals surface area contributed by atoms with Gasteiger partial charge in [0.05, 0.1) is 0 Å². The molecule has 25 heavy (non-hydrogen) atoms. The molecule has 0 radical (unpaired) electrons. The number of nitrogens with zero attached hydrogens (tertiary/aromatic N) is 2. The minimum absolute atomic E-state index is 0.481. The van der Waals surface area contributed by atoms with Gasteiger partial charge in [-0.1, -0.05) is 26.0 Å². The van der Waals surface area contributed by atoms with Crippen LogP contribution in [0.3, 0.4) is 0 Å². The molecule has 0 aliphatic carbocycles. The van der Waals surface area contributed by atoms with Gasteiger partial charge in [-0.2, -0.15) is 0 Å². The number of aromatic nitrogens is 2. The average Bonchev–Trinajstić information content (AvgIpc) is 2.61. The molecule has 3 rings (SSSR count). The van der Waals surface area contributed by atoms with Crippen LogP contribution in [-0.4, -0.2) is 9.97 Å². The molecule has 4 N–H and O–H groups in total. The summed E-state index contributed by atoms with van der Waals surface area (Å²) < 4.78 is 1.17. The highest BCUT2D eigenvalue weighted by Gasteiger charge is 2.09. The van der Waals surface area contributed by atoms with Crippen LogP contribution in [0.2, 0.25) is 0 Å². The van der Waals surface area contributed by atoms with Gasteiger partial charge in [-0.25, -0.2) is 9.97 Å². The van der Waals surface area contributed by atoms with Crippen molar-refractivity contribution in [3.8, 4) is 0 Å². The van der Waals surface area contributed by atoms with Crippen molar-refractivity contribution in [1.29, 1.82) is 0 Å². The quantitative estimate of drug-likeness (QED) is 0.467. The van der Waals surface area contributed by atoms with E-state index in [2.05, 4.69) is 69.2 Å². The van der Waals surface area contributed by atoms with E-state index in [1.807, 2.05) is 36.4 Å². The molecule has 0 atom stereocenters. The van der Waals surface area contributed by atoms with Gasteiger partial charge >= 0.3 is 0 Å². The van der Waals surface area contributed by atoms with E-state index in [9.17, 15) is 0 Å². The number of nitrogens with one attached hydrogen (secondary N) is 2. The molecule has 3 aromatic rings. The van der Waals surface area contributed by atoms with Crippen LogP contribution in [0.5, 0.6) is 0 Å². The van der Waals surface area contributed by atoms with Gasteiger partial charge in [0.2, 0.25) is 0 Å². The molecule has 0 amide bonds. The monoisotopic (exact) mass is 445 g/mol.